The van der Waals surface area contributed by atoms with Crippen LogP contribution in [0.15, 0.2) is 44.4 Å². The van der Waals surface area contributed by atoms with Crippen molar-refractivity contribution in [2.45, 2.75) is 76.7 Å². The predicted molar refractivity (Wildman–Crippen MR) is 110 cm³/mol. The van der Waals surface area contributed by atoms with Gasteiger partial charge in [-0.1, -0.05) is 24.6 Å². The maximum atomic E-state index is 12.2. The predicted octanol–water partition coefficient (Wildman–Crippen LogP) is 4.63. The maximum Gasteiger partial charge on any atom is 0.335 e. The zero-order chi connectivity index (χ0) is 20.4. The number of hydrogen-bond donors (Lipinski definition) is 2. The summed E-state index contributed by atoms with van der Waals surface area (Å²) < 4.78 is 5.17. The summed E-state index contributed by atoms with van der Waals surface area (Å²) in [4.78, 5) is 11.4. The molecule has 0 aromatic carbocycles. The van der Waals surface area contributed by atoms with Crippen LogP contribution in [0.1, 0.15) is 76.7 Å². The Balaban J connectivity index is 1.51. The van der Waals surface area contributed by atoms with E-state index in [1.54, 1.807) is 6.26 Å². The molecule has 5 rings (SSSR count). The second kappa shape index (κ2) is 6.31. The van der Waals surface area contributed by atoms with Crippen LogP contribution in [0.5, 0.6) is 0 Å². The van der Waals surface area contributed by atoms with E-state index in [-0.39, 0.29) is 28.3 Å². The molecule has 5 nitrogen and oxygen atoms in total. The van der Waals surface area contributed by atoms with Crippen molar-refractivity contribution in [2.24, 2.45) is 27.8 Å². The summed E-state index contributed by atoms with van der Waals surface area (Å²) in [5.74, 6) is 0.979. The Labute approximate surface area is 171 Å². The highest BCUT2D eigenvalue weighted by Gasteiger charge is 2.66. The molecule has 29 heavy (non-hydrogen) atoms. The van der Waals surface area contributed by atoms with Crippen LogP contribution in [0.3, 0.4) is 0 Å². The summed E-state index contributed by atoms with van der Waals surface area (Å²) in [5, 5.41) is 24.9. The highest BCUT2D eigenvalue weighted by atomic mass is 16.4. The Bertz CT molecular complexity index is 928. The van der Waals surface area contributed by atoms with E-state index in [0.29, 0.717) is 5.92 Å². The van der Waals surface area contributed by atoms with Gasteiger partial charge in [0.05, 0.1) is 17.6 Å². The van der Waals surface area contributed by atoms with Crippen LogP contribution in [0.2, 0.25) is 0 Å². The van der Waals surface area contributed by atoms with Gasteiger partial charge in [0, 0.05) is 11.5 Å². The lowest BCUT2D eigenvalue weighted by Gasteiger charge is -2.61. The molecule has 156 valence electrons. The summed E-state index contributed by atoms with van der Waals surface area (Å²) in [7, 11) is 0. The first-order valence-corrected chi connectivity index (χ1v) is 11.0. The smallest absolute Gasteiger partial charge is 0.335 e. The first kappa shape index (κ1) is 19.1. The van der Waals surface area contributed by atoms with E-state index >= 15 is 0 Å². The van der Waals surface area contributed by atoms with E-state index in [2.05, 4.69) is 25.1 Å². The monoisotopic (exact) mass is 397 g/mol. The van der Waals surface area contributed by atoms with Gasteiger partial charge < -0.3 is 14.7 Å². The van der Waals surface area contributed by atoms with Crippen LogP contribution in [0.4, 0.5) is 0 Å². The van der Waals surface area contributed by atoms with E-state index in [1.165, 1.54) is 11.6 Å². The van der Waals surface area contributed by atoms with Crippen molar-refractivity contribution in [1.82, 2.24) is 0 Å². The average molecular weight is 398 g/mol. The van der Waals surface area contributed by atoms with E-state index < -0.39 is 5.60 Å². The molecule has 3 fully saturated rings. The van der Waals surface area contributed by atoms with Gasteiger partial charge in [0.25, 0.3) is 0 Å². The third-order valence-electron chi connectivity index (χ3n) is 9.42. The first-order chi connectivity index (χ1) is 13.8. The molecule has 4 aliphatic carbocycles. The second-order valence-corrected chi connectivity index (χ2v) is 10.3. The van der Waals surface area contributed by atoms with Crippen molar-refractivity contribution >= 4 is 5.71 Å². The van der Waals surface area contributed by atoms with Crippen LogP contribution >= 0.6 is 0 Å². The molecule has 0 aliphatic heterocycles. The molecule has 0 saturated heterocycles. The quantitative estimate of drug-likeness (QED) is 0.534. The molecule has 3 saturated carbocycles. The Morgan fingerprint density at radius 2 is 1.90 bits per heavy atom. The van der Waals surface area contributed by atoms with Crippen LogP contribution in [0.25, 0.3) is 0 Å². The summed E-state index contributed by atoms with van der Waals surface area (Å²) in [6.45, 7) is 4.63. The largest absolute Gasteiger partial charge is 0.431 e. The van der Waals surface area contributed by atoms with Crippen molar-refractivity contribution in [2.75, 3.05) is 0 Å². The Morgan fingerprint density at radius 1 is 1.07 bits per heavy atom. The van der Waals surface area contributed by atoms with E-state index in [9.17, 15) is 15.1 Å². The summed E-state index contributed by atoms with van der Waals surface area (Å²) >= 11 is 0. The molecule has 4 aliphatic rings. The molecule has 0 bridgehead atoms. The van der Waals surface area contributed by atoms with Crippen molar-refractivity contribution in [1.29, 1.82) is 0 Å². The van der Waals surface area contributed by atoms with E-state index in [1.807, 2.05) is 6.07 Å². The van der Waals surface area contributed by atoms with Crippen molar-refractivity contribution in [3.8, 4) is 0 Å². The molecular formula is C24H31NO4. The number of allylic oxidation sites excluding steroid dienone is 2. The third kappa shape index (κ3) is 2.49. The standard InChI is InChI=1S/C24H31NO4/c1-22-10-7-17(25-28)13-16(22)4-5-20-19(22)8-11-23(2)18(9-12-24(20,23)27)15-3-6-21(26)29-14-15/h3,6,13-14,18-20,27-28H,4-5,7-12H2,1-2H3/b25-17+. The minimum atomic E-state index is -0.684. The third-order valence-corrected chi connectivity index (χ3v) is 9.42. The Hall–Kier alpha value is -1.88. The van der Waals surface area contributed by atoms with Crippen LogP contribution < -0.4 is 5.63 Å². The van der Waals surface area contributed by atoms with Gasteiger partial charge in [-0.15, -0.1) is 0 Å². The molecular weight excluding hydrogens is 366 g/mol. The zero-order valence-electron chi connectivity index (χ0n) is 17.4. The first-order valence-electron chi connectivity index (χ1n) is 11.0. The Morgan fingerprint density at radius 3 is 2.62 bits per heavy atom. The van der Waals surface area contributed by atoms with Crippen molar-refractivity contribution < 1.29 is 14.7 Å². The zero-order valence-corrected chi connectivity index (χ0v) is 17.4. The SMILES string of the molecule is CC12CC/C(=N\O)C=C1CCC1C2CCC2(C)C(c3ccc(=O)oc3)CCC12O. The van der Waals surface area contributed by atoms with Crippen molar-refractivity contribution in [3.05, 3.63) is 46.0 Å². The van der Waals surface area contributed by atoms with Crippen molar-refractivity contribution in [3.63, 3.8) is 0 Å². The fraction of sp³-hybridized carbons (Fsp3) is 0.667. The fourth-order valence-electron chi connectivity index (χ4n) is 7.72. The van der Waals surface area contributed by atoms with Gasteiger partial charge in [0.2, 0.25) is 0 Å². The highest BCUT2D eigenvalue weighted by molar-refractivity contribution is 5.96. The van der Waals surface area contributed by atoms with Crippen LogP contribution in [-0.4, -0.2) is 21.6 Å². The lowest BCUT2D eigenvalue weighted by Crippen LogP contribution is -2.60. The molecule has 6 unspecified atom stereocenters. The van der Waals surface area contributed by atoms with Gasteiger partial charge in [0.15, 0.2) is 0 Å². The second-order valence-electron chi connectivity index (χ2n) is 10.3. The summed E-state index contributed by atoms with van der Waals surface area (Å²) in [5.41, 5.74) is 2.13. The number of nitrogens with zero attached hydrogens (tertiary/aromatic N) is 1. The molecule has 0 amide bonds. The number of fused-ring (bicyclic) bond motifs is 5. The topological polar surface area (TPSA) is 83.0 Å². The van der Waals surface area contributed by atoms with Gasteiger partial charge in [-0.2, -0.15) is 0 Å². The summed E-state index contributed by atoms with van der Waals surface area (Å²) in [6, 6.07) is 3.39. The van der Waals surface area contributed by atoms with Crippen LogP contribution in [0, 0.1) is 22.7 Å². The maximum absolute atomic E-state index is 12.2. The van der Waals surface area contributed by atoms with Gasteiger partial charge in [-0.25, -0.2) is 4.79 Å². The fourth-order valence-corrected chi connectivity index (χ4v) is 7.72. The molecule has 5 heteroatoms. The van der Waals surface area contributed by atoms with Gasteiger partial charge in [-0.3, -0.25) is 0 Å². The molecule has 6 atom stereocenters. The van der Waals surface area contributed by atoms with Gasteiger partial charge in [-0.05, 0) is 92.2 Å². The average Bonchev–Trinajstić information content (AvgIpc) is 2.99. The number of hydrogen-bond acceptors (Lipinski definition) is 5. The minimum Gasteiger partial charge on any atom is -0.431 e. The number of aliphatic hydroxyl groups is 1. The lowest BCUT2D eigenvalue weighted by molar-refractivity contribution is -0.176. The normalized spacial score (nSPS) is 45.3. The van der Waals surface area contributed by atoms with Gasteiger partial charge >= 0.3 is 5.63 Å². The molecule has 0 spiro atoms. The van der Waals surface area contributed by atoms with Gasteiger partial charge in [0.1, 0.15) is 0 Å². The summed E-state index contributed by atoms with van der Waals surface area (Å²) in [6.07, 6.45) is 11.3. The lowest BCUT2D eigenvalue weighted by atomic mass is 9.45. The molecule has 2 N–H and O–H groups in total. The van der Waals surface area contributed by atoms with E-state index in [0.717, 1.165) is 62.6 Å². The Kier molecular flexibility index (Phi) is 4.16. The van der Waals surface area contributed by atoms with Crippen LogP contribution in [-0.2, 0) is 0 Å². The molecule has 1 aromatic rings. The minimum absolute atomic E-state index is 0.0891. The molecule has 1 aromatic heterocycles. The molecule has 1 heterocycles. The number of oxime groups is 1. The molecule has 0 radical (unpaired) electrons. The number of rotatable bonds is 1. The highest BCUT2D eigenvalue weighted by Crippen LogP contribution is 2.69. The van der Waals surface area contributed by atoms with E-state index in [4.69, 9.17) is 4.42 Å².